The van der Waals surface area contributed by atoms with Gasteiger partial charge in [-0.2, -0.15) is 0 Å². The van der Waals surface area contributed by atoms with E-state index in [0.717, 1.165) is 133 Å². The number of nitrogens with zero attached hydrogens (tertiary/aromatic N) is 5. The van der Waals surface area contributed by atoms with Crippen LogP contribution >= 0.6 is 0 Å². The van der Waals surface area contributed by atoms with Gasteiger partial charge in [-0.3, -0.25) is 0 Å². The summed E-state index contributed by atoms with van der Waals surface area (Å²) in [5.41, 5.74) is 24.3. The standard InChI is InChI=1S/C43H28N2O.C42H27N3O/c1-3-10-29(11-4-1)30-18-20-31(21-19-30)35-27-38(32-12-5-2-6-13-32)44-39(28-35)34-14-9-15-36(26-34)45-40-17-8-7-16-37(40)42-41(45)23-22-33-24-25-46-43(33)42;1-3-10-28(11-4-1)29-18-20-31(21-19-29)37-27-36(30-12-5-2-6-13-30)43-42(44-37)33-14-9-15-34(26-33)45-38-17-8-7-16-35(38)40-39(45)23-22-32-24-25-46-41(32)40/h1-28H;1-27H. The van der Waals surface area contributed by atoms with Crippen LogP contribution in [0.1, 0.15) is 0 Å². The van der Waals surface area contributed by atoms with E-state index in [1.54, 1.807) is 12.5 Å². The molecule has 18 aromatic rings. The van der Waals surface area contributed by atoms with Gasteiger partial charge in [-0.05, 0) is 124 Å². The third-order valence-corrected chi connectivity index (χ3v) is 17.6. The molecule has 0 amide bonds. The molecule has 0 aliphatic carbocycles. The molecule has 0 N–H and O–H groups in total. The maximum absolute atomic E-state index is 6.00. The van der Waals surface area contributed by atoms with E-state index in [2.05, 4.69) is 288 Å². The highest BCUT2D eigenvalue weighted by atomic mass is 16.3. The van der Waals surface area contributed by atoms with Crippen molar-refractivity contribution in [3.63, 3.8) is 0 Å². The number of furan rings is 2. The fourth-order valence-electron chi connectivity index (χ4n) is 13.1. The molecule has 0 aliphatic rings. The predicted octanol–water partition coefficient (Wildman–Crippen LogP) is 22.6. The summed E-state index contributed by atoms with van der Waals surface area (Å²) in [5, 5.41) is 6.79. The van der Waals surface area contributed by atoms with Crippen LogP contribution < -0.4 is 0 Å². The minimum absolute atomic E-state index is 0.680. The molecule has 0 aliphatic heterocycles. The van der Waals surface area contributed by atoms with E-state index in [-0.39, 0.29) is 0 Å². The molecule has 0 atom stereocenters. The van der Waals surface area contributed by atoms with Crippen LogP contribution in [0.4, 0.5) is 0 Å². The SMILES string of the molecule is c1ccc(-c2ccc(-c3cc(-c4ccccc4)nc(-c4cccc(-n5c6ccccc6c6c7occc7ccc65)c4)c3)cc2)cc1.c1ccc(-c2ccc(-c3cc(-c4ccccc4)nc(-c4cccc(-n5c6ccccc6c6c7occc7ccc65)c4)n3)cc2)cc1. The minimum atomic E-state index is 0.680. The van der Waals surface area contributed by atoms with Crippen LogP contribution in [0.5, 0.6) is 0 Å². The number of hydrogen-bond donors (Lipinski definition) is 0. The van der Waals surface area contributed by atoms with Gasteiger partial charge in [-0.15, -0.1) is 0 Å². The largest absolute Gasteiger partial charge is 0.464 e. The summed E-state index contributed by atoms with van der Waals surface area (Å²) in [6.45, 7) is 0. The van der Waals surface area contributed by atoms with Crippen molar-refractivity contribution in [1.29, 1.82) is 0 Å². The molecule has 0 saturated heterocycles. The lowest BCUT2D eigenvalue weighted by molar-refractivity contribution is 0.619. The van der Waals surface area contributed by atoms with Gasteiger partial charge < -0.3 is 18.0 Å². The number of para-hydroxylation sites is 2. The first kappa shape index (κ1) is 53.8. The summed E-state index contributed by atoms with van der Waals surface area (Å²) >= 11 is 0. The van der Waals surface area contributed by atoms with Gasteiger partial charge in [0.15, 0.2) is 5.82 Å². The van der Waals surface area contributed by atoms with Crippen molar-refractivity contribution in [2.75, 3.05) is 0 Å². The van der Waals surface area contributed by atoms with Gasteiger partial charge in [0, 0.05) is 60.7 Å². The molecule has 18 rings (SSSR count). The van der Waals surface area contributed by atoms with Gasteiger partial charge in [-0.1, -0.05) is 231 Å². The molecular weight excluding hydrogens is 1120 g/mol. The third kappa shape index (κ3) is 9.78. The minimum Gasteiger partial charge on any atom is -0.464 e. The van der Waals surface area contributed by atoms with Crippen LogP contribution in [0.25, 0.3) is 167 Å². The zero-order valence-electron chi connectivity index (χ0n) is 49.8. The summed E-state index contributed by atoms with van der Waals surface area (Å²) in [4.78, 5) is 15.5. The zero-order valence-corrected chi connectivity index (χ0v) is 49.8. The lowest BCUT2D eigenvalue weighted by Crippen LogP contribution is -1.98. The summed E-state index contributed by atoms with van der Waals surface area (Å²) < 4.78 is 16.6. The molecule has 7 nitrogen and oxygen atoms in total. The van der Waals surface area contributed by atoms with E-state index in [1.807, 2.05) is 42.5 Å². The van der Waals surface area contributed by atoms with Crippen LogP contribution in [0.15, 0.2) is 343 Å². The molecule has 0 bridgehead atoms. The number of fused-ring (bicyclic) bond motifs is 10. The van der Waals surface area contributed by atoms with Crippen LogP contribution in [-0.2, 0) is 0 Å². The van der Waals surface area contributed by atoms with Gasteiger partial charge >= 0.3 is 0 Å². The normalized spacial score (nSPS) is 11.5. The number of pyridine rings is 1. The Morgan fingerprint density at radius 1 is 0.228 bits per heavy atom. The topological polar surface area (TPSA) is 74.8 Å². The average molecular weight is 1180 g/mol. The Hall–Kier alpha value is -12.5. The fourth-order valence-corrected chi connectivity index (χ4v) is 13.1. The summed E-state index contributed by atoms with van der Waals surface area (Å²) in [7, 11) is 0. The van der Waals surface area contributed by atoms with Gasteiger partial charge in [-0.25, -0.2) is 15.0 Å². The molecule has 0 saturated carbocycles. The summed E-state index contributed by atoms with van der Waals surface area (Å²) in [6, 6.07) is 113. The Morgan fingerprint density at radius 2 is 0.587 bits per heavy atom. The van der Waals surface area contributed by atoms with Crippen molar-refractivity contribution in [3.8, 4) is 101 Å². The highest BCUT2D eigenvalue weighted by molar-refractivity contribution is 6.20. The molecule has 7 heteroatoms. The smallest absolute Gasteiger partial charge is 0.160 e. The van der Waals surface area contributed by atoms with Gasteiger partial charge in [0.2, 0.25) is 0 Å². The second-order valence-electron chi connectivity index (χ2n) is 23.1. The van der Waals surface area contributed by atoms with Crippen LogP contribution in [0, 0.1) is 0 Å². The van der Waals surface area contributed by atoms with Gasteiger partial charge in [0.05, 0.1) is 68.1 Å². The highest BCUT2D eigenvalue weighted by Gasteiger charge is 2.20. The zero-order chi connectivity index (χ0) is 60.9. The van der Waals surface area contributed by atoms with Crippen LogP contribution in [0.3, 0.4) is 0 Å². The molecule has 432 valence electrons. The van der Waals surface area contributed by atoms with Gasteiger partial charge in [0.1, 0.15) is 11.2 Å². The molecule has 92 heavy (non-hydrogen) atoms. The molecule has 6 heterocycles. The maximum Gasteiger partial charge on any atom is 0.160 e. The van der Waals surface area contributed by atoms with E-state index < -0.39 is 0 Å². The Kier molecular flexibility index (Phi) is 13.4. The monoisotopic (exact) mass is 1180 g/mol. The Bertz CT molecular complexity index is 5370. The Balaban J connectivity index is 0.000000141. The Labute approximate surface area is 530 Å². The Morgan fingerprint density at radius 3 is 1.08 bits per heavy atom. The third-order valence-electron chi connectivity index (χ3n) is 17.6. The number of benzene rings is 12. The molecule has 0 radical (unpaired) electrons. The van der Waals surface area contributed by atoms with Crippen molar-refractivity contribution < 1.29 is 8.83 Å². The first-order valence-corrected chi connectivity index (χ1v) is 30.9. The van der Waals surface area contributed by atoms with E-state index in [9.17, 15) is 0 Å². The molecule has 0 unspecified atom stereocenters. The first-order chi connectivity index (χ1) is 45.6. The van der Waals surface area contributed by atoms with Crippen molar-refractivity contribution >= 4 is 65.6 Å². The quantitative estimate of drug-likeness (QED) is 0.136. The van der Waals surface area contributed by atoms with E-state index in [4.69, 9.17) is 23.8 Å². The van der Waals surface area contributed by atoms with Crippen molar-refractivity contribution in [1.82, 2.24) is 24.1 Å². The fraction of sp³-hybridized carbons (Fsp3) is 0. The molecule has 0 spiro atoms. The maximum atomic E-state index is 6.00. The van der Waals surface area contributed by atoms with E-state index in [1.165, 1.54) is 27.6 Å². The van der Waals surface area contributed by atoms with Crippen LogP contribution in [-0.4, -0.2) is 24.1 Å². The second-order valence-corrected chi connectivity index (χ2v) is 23.1. The molecule has 12 aromatic carbocycles. The highest BCUT2D eigenvalue weighted by Crippen LogP contribution is 2.41. The molecule has 6 aromatic heterocycles. The summed E-state index contributed by atoms with van der Waals surface area (Å²) in [6.07, 6.45) is 3.54. The predicted molar refractivity (Wildman–Crippen MR) is 378 cm³/mol. The number of rotatable bonds is 10. The average Bonchev–Trinajstić information content (AvgIpc) is 1.61. The molecule has 0 fully saturated rings. The van der Waals surface area contributed by atoms with Crippen molar-refractivity contribution in [2.45, 2.75) is 0 Å². The van der Waals surface area contributed by atoms with Gasteiger partial charge in [0.25, 0.3) is 0 Å². The van der Waals surface area contributed by atoms with E-state index in [0.29, 0.717) is 5.82 Å². The lowest BCUT2D eigenvalue weighted by atomic mass is 9.97. The summed E-state index contributed by atoms with van der Waals surface area (Å²) in [5.74, 6) is 0.680. The van der Waals surface area contributed by atoms with E-state index >= 15 is 0 Å². The van der Waals surface area contributed by atoms with Crippen LogP contribution in [0.2, 0.25) is 0 Å². The number of aromatic nitrogens is 5. The number of hydrogen-bond acceptors (Lipinski definition) is 5. The lowest BCUT2D eigenvalue weighted by Gasteiger charge is -2.13. The van der Waals surface area contributed by atoms with Crippen molar-refractivity contribution in [3.05, 3.63) is 334 Å². The van der Waals surface area contributed by atoms with Crippen molar-refractivity contribution in [2.24, 2.45) is 0 Å². The first-order valence-electron chi connectivity index (χ1n) is 30.9. The molecular formula is C85H55N5O2. The second kappa shape index (κ2) is 22.9.